The number of rotatable bonds is 1. The number of halogens is 1. The Hall–Kier alpha value is -1.76. The smallest absolute Gasteiger partial charge is 0.150 e. The fourth-order valence-electron chi connectivity index (χ4n) is 1.44. The van der Waals surface area contributed by atoms with E-state index in [0.717, 1.165) is 11.1 Å². The van der Waals surface area contributed by atoms with E-state index >= 15 is 0 Å². The van der Waals surface area contributed by atoms with Gasteiger partial charge < -0.3 is 4.98 Å². The van der Waals surface area contributed by atoms with Crippen LogP contribution in [0.3, 0.4) is 0 Å². The number of hydrogen-bond acceptors (Lipinski definition) is 1. The molecule has 1 aromatic heterocycles. The van der Waals surface area contributed by atoms with Crippen LogP contribution in [-0.2, 0) is 4.79 Å². The van der Waals surface area contributed by atoms with Crippen LogP contribution >= 0.6 is 11.6 Å². The molecule has 2 aromatic rings. The first kappa shape index (κ1) is 9.78. The highest BCUT2D eigenvalue weighted by Crippen LogP contribution is 2.16. The number of hydrogen-bond donors (Lipinski definition) is 1. The zero-order valence-corrected chi connectivity index (χ0v) is 8.64. The normalized spacial score (nSPS) is 9.93. The third-order valence-corrected chi connectivity index (χ3v) is 2.42. The highest BCUT2D eigenvalue weighted by Gasteiger charge is 2.00. The summed E-state index contributed by atoms with van der Waals surface area (Å²) in [5, 5.41) is 1.79. The van der Waals surface area contributed by atoms with Crippen molar-refractivity contribution >= 4 is 24.1 Å². The zero-order valence-electron chi connectivity index (χ0n) is 7.88. The second-order valence-electron chi connectivity index (χ2n) is 3.18. The van der Waals surface area contributed by atoms with E-state index in [9.17, 15) is 4.79 Å². The van der Waals surface area contributed by atoms with Gasteiger partial charge in [-0.05, 0) is 23.8 Å². The van der Waals surface area contributed by atoms with Gasteiger partial charge in [0.1, 0.15) is 5.35 Å². The van der Waals surface area contributed by atoms with Crippen molar-refractivity contribution in [1.82, 2.24) is 4.98 Å². The van der Waals surface area contributed by atoms with Crippen molar-refractivity contribution in [3.05, 3.63) is 46.1 Å². The molecule has 1 N–H and O–H groups in total. The summed E-state index contributed by atoms with van der Waals surface area (Å²) < 4.78 is 0. The topological polar surface area (TPSA) is 32.9 Å². The SMILES string of the molecule is C=c1[nH]c(=C=O)cc1-c1ccc(Cl)cc1. The zero-order chi connectivity index (χ0) is 10.8. The van der Waals surface area contributed by atoms with Gasteiger partial charge in [0.25, 0.3) is 0 Å². The highest BCUT2D eigenvalue weighted by atomic mass is 35.5. The molecule has 0 aliphatic carbocycles. The predicted octanol–water partition coefficient (Wildman–Crippen LogP) is 1.25. The van der Waals surface area contributed by atoms with Gasteiger partial charge in [0, 0.05) is 15.9 Å². The molecule has 1 aromatic carbocycles. The van der Waals surface area contributed by atoms with E-state index in [1.807, 2.05) is 12.1 Å². The first-order valence-corrected chi connectivity index (χ1v) is 4.77. The molecule has 1 heterocycles. The molecule has 0 spiro atoms. The van der Waals surface area contributed by atoms with Crippen molar-refractivity contribution < 1.29 is 4.79 Å². The first-order chi connectivity index (χ1) is 7.20. The number of aromatic amines is 1. The number of carbonyl (C=O) groups excluding carboxylic acids is 1. The molecule has 2 rings (SSSR count). The van der Waals surface area contributed by atoms with Crippen molar-refractivity contribution in [1.29, 1.82) is 0 Å². The summed E-state index contributed by atoms with van der Waals surface area (Å²) in [7, 11) is 0. The van der Waals surface area contributed by atoms with E-state index in [-0.39, 0.29) is 0 Å². The van der Waals surface area contributed by atoms with Gasteiger partial charge in [0.2, 0.25) is 0 Å². The van der Waals surface area contributed by atoms with E-state index in [0.29, 0.717) is 15.7 Å². The van der Waals surface area contributed by atoms with Crippen molar-refractivity contribution in [2.24, 2.45) is 0 Å². The van der Waals surface area contributed by atoms with Gasteiger partial charge in [-0.3, -0.25) is 0 Å². The van der Waals surface area contributed by atoms with Crippen LogP contribution < -0.4 is 10.7 Å². The Labute approximate surface area is 91.5 Å². The fourth-order valence-corrected chi connectivity index (χ4v) is 1.57. The Balaban J connectivity index is 2.64. The Bertz CT molecular complexity index is 606. The summed E-state index contributed by atoms with van der Waals surface area (Å²) in [6, 6.07) is 9.09. The van der Waals surface area contributed by atoms with Crippen LogP contribution in [-0.4, -0.2) is 10.9 Å². The quantitative estimate of drug-likeness (QED) is 0.766. The van der Waals surface area contributed by atoms with E-state index in [1.54, 1.807) is 24.1 Å². The summed E-state index contributed by atoms with van der Waals surface area (Å²) >= 11 is 5.79. The van der Waals surface area contributed by atoms with Crippen LogP contribution in [0.4, 0.5) is 0 Å². The lowest BCUT2D eigenvalue weighted by atomic mass is 10.1. The molecule has 0 radical (unpaired) electrons. The van der Waals surface area contributed by atoms with Crippen LogP contribution in [0.2, 0.25) is 5.02 Å². The van der Waals surface area contributed by atoms with E-state index < -0.39 is 0 Å². The van der Waals surface area contributed by atoms with E-state index in [4.69, 9.17) is 11.6 Å². The number of nitrogens with one attached hydrogen (secondary N) is 1. The Morgan fingerprint density at radius 2 is 1.93 bits per heavy atom. The largest absolute Gasteiger partial charge is 0.346 e. The van der Waals surface area contributed by atoms with Gasteiger partial charge >= 0.3 is 0 Å². The molecule has 0 amide bonds. The van der Waals surface area contributed by atoms with E-state index in [1.165, 1.54) is 0 Å². The van der Waals surface area contributed by atoms with Gasteiger partial charge in [-0.25, -0.2) is 4.79 Å². The van der Waals surface area contributed by atoms with Crippen molar-refractivity contribution in [2.75, 3.05) is 0 Å². The second kappa shape index (κ2) is 3.77. The molecule has 0 aliphatic heterocycles. The van der Waals surface area contributed by atoms with E-state index in [2.05, 4.69) is 11.6 Å². The average molecular weight is 218 g/mol. The summed E-state index contributed by atoms with van der Waals surface area (Å²) in [6.45, 7) is 3.82. The minimum Gasteiger partial charge on any atom is -0.346 e. The van der Waals surface area contributed by atoms with Crippen LogP contribution in [0.1, 0.15) is 0 Å². The fraction of sp³-hybridized carbons (Fsp3) is 0. The molecule has 0 bridgehead atoms. The lowest BCUT2D eigenvalue weighted by Gasteiger charge is -1.96. The molecule has 0 saturated carbocycles. The highest BCUT2D eigenvalue weighted by molar-refractivity contribution is 6.30. The van der Waals surface area contributed by atoms with Crippen LogP contribution in [0.25, 0.3) is 17.7 Å². The summed E-state index contributed by atoms with van der Waals surface area (Å²) in [6.07, 6.45) is 0. The van der Waals surface area contributed by atoms with Crippen molar-refractivity contribution in [3.8, 4) is 11.1 Å². The maximum atomic E-state index is 10.5. The summed E-state index contributed by atoms with van der Waals surface area (Å²) in [4.78, 5) is 13.3. The first-order valence-electron chi connectivity index (χ1n) is 4.40. The molecule has 0 aliphatic rings. The second-order valence-corrected chi connectivity index (χ2v) is 3.62. The molecule has 0 fully saturated rings. The molecule has 15 heavy (non-hydrogen) atoms. The number of benzene rings is 1. The summed E-state index contributed by atoms with van der Waals surface area (Å²) in [5.41, 5.74) is 1.87. The molecule has 74 valence electrons. The van der Waals surface area contributed by atoms with Gasteiger partial charge in [-0.15, -0.1) is 0 Å². The molecular formula is C12H8ClNO. The molecular weight excluding hydrogens is 210 g/mol. The summed E-state index contributed by atoms with van der Waals surface area (Å²) in [5.74, 6) is 1.80. The van der Waals surface area contributed by atoms with Crippen molar-refractivity contribution in [2.45, 2.75) is 0 Å². The number of aromatic nitrogens is 1. The molecule has 0 unspecified atom stereocenters. The third-order valence-electron chi connectivity index (χ3n) is 2.16. The lowest BCUT2D eigenvalue weighted by molar-refractivity contribution is 0.567. The van der Waals surface area contributed by atoms with Crippen molar-refractivity contribution in [3.63, 3.8) is 0 Å². The maximum Gasteiger partial charge on any atom is 0.150 e. The molecule has 0 atom stereocenters. The minimum absolute atomic E-state index is 0.407. The number of H-pyrrole nitrogens is 1. The van der Waals surface area contributed by atoms with Crippen LogP contribution in [0, 0.1) is 0 Å². The average Bonchev–Trinajstić information content (AvgIpc) is 2.61. The molecule has 3 heteroatoms. The standard InChI is InChI=1S/C12H8ClNO/c1-8-12(6-11(7-15)14-8)9-2-4-10(13)5-3-9/h2-6,14H,1H2. The Morgan fingerprint density at radius 3 is 2.47 bits per heavy atom. The van der Waals surface area contributed by atoms with Gasteiger partial charge in [-0.2, -0.15) is 0 Å². The molecule has 0 saturated heterocycles. The predicted molar refractivity (Wildman–Crippen MR) is 60.8 cm³/mol. The maximum absolute atomic E-state index is 10.5. The van der Waals surface area contributed by atoms with Gasteiger partial charge in [-0.1, -0.05) is 30.3 Å². The third kappa shape index (κ3) is 1.86. The van der Waals surface area contributed by atoms with Gasteiger partial charge in [0.05, 0.1) is 0 Å². The van der Waals surface area contributed by atoms with Crippen LogP contribution in [0.15, 0.2) is 30.3 Å². The Morgan fingerprint density at radius 1 is 1.27 bits per heavy atom. The van der Waals surface area contributed by atoms with Crippen LogP contribution in [0.5, 0.6) is 0 Å². The lowest BCUT2D eigenvalue weighted by Crippen LogP contribution is -2.08. The Kier molecular flexibility index (Phi) is 2.46. The minimum atomic E-state index is 0.407. The molecule has 2 nitrogen and oxygen atoms in total. The monoisotopic (exact) mass is 217 g/mol. The van der Waals surface area contributed by atoms with Gasteiger partial charge in [0.15, 0.2) is 5.94 Å².